The maximum Gasteiger partial charge on any atom is 0.231 e. The number of amides is 1. The van der Waals surface area contributed by atoms with E-state index in [0.717, 1.165) is 11.1 Å². The maximum atomic E-state index is 12.4. The first kappa shape index (κ1) is 17.7. The second-order valence-corrected chi connectivity index (χ2v) is 6.74. The molecule has 2 aromatic rings. The van der Waals surface area contributed by atoms with Gasteiger partial charge in [-0.1, -0.05) is 6.07 Å². The van der Waals surface area contributed by atoms with Crippen LogP contribution in [0.2, 0.25) is 0 Å². The fourth-order valence-corrected chi connectivity index (χ4v) is 2.84. The number of pyridine rings is 2. The van der Waals surface area contributed by atoms with Crippen LogP contribution in [0.25, 0.3) is 0 Å². The van der Waals surface area contributed by atoms with Gasteiger partial charge >= 0.3 is 0 Å². The average molecular weight is 351 g/mol. The van der Waals surface area contributed by atoms with E-state index < -0.39 is 5.54 Å². The molecule has 1 aliphatic rings. The first-order chi connectivity index (χ1) is 12.3. The van der Waals surface area contributed by atoms with E-state index >= 15 is 0 Å². The number of aryl methyl sites for hydroxylation is 1. The van der Waals surface area contributed by atoms with Crippen molar-refractivity contribution >= 4 is 17.6 Å². The average Bonchev–Trinajstić information content (AvgIpc) is 2.60. The Morgan fingerprint density at radius 1 is 1.31 bits per heavy atom. The van der Waals surface area contributed by atoms with Gasteiger partial charge in [0.2, 0.25) is 5.91 Å². The first-order valence-corrected chi connectivity index (χ1v) is 8.32. The van der Waals surface area contributed by atoms with Crippen LogP contribution in [0.15, 0.2) is 41.7 Å². The lowest BCUT2D eigenvalue weighted by Crippen LogP contribution is -2.47. The van der Waals surface area contributed by atoms with E-state index in [1.165, 1.54) is 4.90 Å². The Kier molecular flexibility index (Phi) is 4.54. The topological polar surface area (TPSA) is 102 Å². The molecule has 0 aromatic carbocycles. The number of hydrogen-bond acceptors (Lipinski definition) is 6. The molecule has 1 atom stereocenters. The van der Waals surface area contributed by atoms with Crippen LogP contribution in [0.1, 0.15) is 40.7 Å². The Bertz CT molecular complexity index is 891. The largest absolute Gasteiger partial charge is 0.369 e. The normalized spacial score (nSPS) is 20.0. The van der Waals surface area contributed by atoms with Crippen LogP contribution in [0.4, 0.5) is 0 Å². The van der Waals surface area contributed by atoms with Crippen molar-refractivity contribution in [2.45, 2.75) is 32.2 Å². The van der Waals surface area contributed by atoms with Gasteiger partial charge in [-0.3, -0.25) is 24.5 Å². The molecular weight excluding hydrogens is 330 g/mol. The number of guanidine groups is 1. The smallest absolute Gasteiger partial charge is 0.231 e. The minimum absolute atomic E-state index is 0.0743. The Balaban J connectivity index is 1.85. The van der Waals surface area contributed by atoms with Gasteiger partial charge in [-0.15, -0.1) is 0 Å². The summed E-state index contributed by atoms with van der Waals surface area (Å²) in [5, 5.41) is 0. The summed E-state index contributed by atoms with van der Waals surface area (Å²) in [5.74, 6) is -0.0298. The monoisotopic (exact) mass is 351 g/mol. The third-order valence-corrected chi connectivity index (χ3v) is 4.51. The highest BCUT2D eigenvalue weighted by atomic mass is 16.2. The zero-order valence-corrected chi connectivity index (χ0v) is 15.1. The molecule has 7 nitrogen and oxygen atoms in total. The lowest BCUT2D eigenvalue weighted by atomic mass is 9.90. The highest BCUT2D eigenvalue weighted by Gasteiger charge is 2.37. The van der Waals surface area contributed by atoms with Gasteiger partial charge in [0, 0.05) is 25.9 Å². The van der Waals surface area contributed by atoms with Crippen molar-refractivity contribution < 1.29 is 9.59 Å². The van der Waals surface area contributed by atoms with Gasteiger partial charge < -0.3 is 5.73 Å². The Hall–Kier alpha value is -3.09. The Morgan fingerprint density at radius 2 is 2.08 bits per heavy atom. The first-order valence-electron chi connectivity index (χ1n) is 8.32. The van der Waals surface area contributed by atoms with Crippen LogP contribution in [0, 0.1) is 6.92 Å². The molecular formula is C19H21N5O2. The summed E-state index contributed by atoms with van der Waals surface area (Å²) in [5.41, 5.74) is 7.86. The van der Waals surface area contributed by atoms with E-state index in [-0.39, 0.29) is 30.5 Å². The van der Waals surface area contributed by atoms with Crippen molar-refractivity contribution in [1.82, 2.24) is 14.9 Å². The number of hydrogen-bond donors (Lipinski definition) is 1. The maximum absolute atomic E-state index is 12.4. The minimum atomic E-state index is -0.838. The van der Waals surface area contributed by atoms with Crippen LogP contribution in [0.3, 0.4) is 0 Å². The molecule has 26 heavy (non-hydrogen) atoms. The van der Waals surface area contributed by atoms with Crippen LogP contribution in [0.5, 0.6) is 0 Å². The van der Waals surface area contributed by atoms with Crippen LogP contribution >= 0.6 is 0 Å². The molecule has 7 heteroatoms. The van der Waals surface area contributed by atoms with Gasteiger partial charge in [0.1, 0.15) is 11.2 Å². The molecule has 134 valence electrons. The van der Waals surface area contributed by atoms with Crippen molar-refractivity contribution in [2.75, 3.05) is 7.05 Å². The number of aliphatic imine (C=N–C) groups is 1. The number of rotatable bonds is 4. The molecule has 0 bridgehead atoms. The van der Waals surface area contributed by atoms with Crippen LogP contribution < -0.4 is 5.73 Å². The summed E-state index contributed by atoms with van der Waals surface area (Å²) < 4.78 is 0. The molecule has 1 amide bonds. The summed E-state index contributed by atoms with van der Waals surface area (Å²) in [6, 6.07) is 7.17. The SMILES string of the molecule is Cc1ccc(C(=O)Cc2ccnc(C3(C)CC(=O)N(C)C(N)=N3)c2)nc1. The summed E-state index contributed by atoms with van der Waals surface area (Å²) in [4.78, 5) is 38.9. The van der Waals surface area contributed by atoms with E-state index in [4.69, 9.17) is 5.73 Å². The highest BCUT2D eigenvalue weighted by Crippen LogP contribution is 2.31. The molecule has 0 saturated carbocycles. The van der Waals surface area contributed by atoms with Gasteiger partial charge in [-0.2, -0.15) is 0 Å². The van der Waals surface area contributed by atoms with Gasteiger partial charge in [-0.25, -0.2) is 4.99 Å². The lowest BCUT2D eigenvalue weighted by Gasteiger charge is -2.32. The number of carbonyl (C=O) groups excluding carboxylic acids is 2. The molecule has 0 spiro atoms. The van der Waals surface area contributed by atoms with Crippen LogP contribution in [-0.2, 0) is 16.8 Å². The molecule has 2 N–H and O–H groups in total. The molecule has 0 saturated heterocycles. The van der Waals surface area contributed by atoms with Crippen molar-refractivity contribution in [3.63, 3.8) is 0 Å². The van der Waals surface area contributed by atoms with Gasteiger partial charge in [0.05, 0.1) is 12.1 Å². The second kappa shape index (κ2) is 6.67. The molecule has 2 aromatic heterocycles. The molecule has 0 aliphatic carbocycles. The minimum Gasteiger partial charge on any atom is -0.369 e. The van der Waals surface area contributed by atoms with Gasteiger partial charge in [0.25, 0.3) is 0 Å². The zero-order chi connectivity index (χ0) is 18.9. The van der Waals surface area contributed by atoms with E-state index in [0.29, 0.717) is 11.4 Å². The Morgan fingerprint density at radius 3 is 2.73 bits per heavy atom. The highest BCUT2D eigenvalue weighted by molar-refractivity contribution is 5.98. The van der Waals surface area contributed by atoms with Crippen molar-refractivity contribution in [2.24, 2.45) is 10.7 Å². The quantitative estimate of drug-likeness (QED) is 0.843. The fourth-order valence-electron chi connectivity index (χ4n) is 2.84. The second-order valence-electron chi connectivity index (χ2n) is 6.74. The summed E-state index contributed by atoms with van der Waals surface area (Å²) in [6.07, 6.45) is 3.68. The molecule has 1 aliphatic heterocycles. The predicted molar refractivity (Wildman–Crippen MR) is 97.6 cm³/mol. The van der Waals surface area contributed by atoms with Crippen LogP contribution in [-0.4, -0.2) is 39.6 Å². The summed E-state index contributed by atoms with van der Waals surface area (Å²) in [7, 11) is 1.60. The van der Waals surface area contributed by atoms with Crippen molar-refractivity contribution in [1.29, 1.82) is 0 Å². The fraction of sp³-hybridized carbons (Fsp3) is 0.316. The lowest BCUT2D eigenvalue weighted by molar-refractivity contribution is -0.128. The zero-order valence-electron chi connectivity index (χ0n) is 15.1. The van der Waals surface area contributed by atoms with Gasteiger partial charge in [0.15, 0.2) is 11.7 Å². The van der Waals surface area contributed by atoms with Gasteiger partial charge in [-0.05, 0) is 43.2 Å². The molecule has 1 unspecified atom stereocenters. The number of nitrogens with two attached hydrogens (primary N) is 1. The standard InChI is InChI=1S/C19H21N5O2/c1-12-4-5-14(22-11-12)15(25)8-13-6-7-21-16(9-13)19(2)10-17(26)24(3)18(20)23-19/h4-7,9,11H,8,10H2,1-3H3,(H2,20,23). The number of Topliss-reactive ketones (excluding diaryl/α,β-unsaturated/α-hetero) is 1. The molecule has 3 heterocycles. The number of aromatic nitrogens is 2. The number of nitrogens with zero attached hydrogens (tertiary/aromatic N) is 4. The summed E-state index contributed by atoms with van der Waals surface area (Å²) in [6.45, 7) is 3.74. The summed E-state index contributed by atoms with van der Waals surface area (Å²) >= 11 is 0. The van der Waals surface area contributed by atoms with E-state index in [2.05, 4.69) is 15.0 Å². The van der Waals surface area contributed by atoms with Crippen molar-refractivity contribution in [3.05, 3.63) is 59.2 Å². The number of ketones is 1. The third-order valence-electron chi connectivity index (χ3n) is 4.51. The molecule has 0 radical (unpaired) electrons. The van der Waals surface area contributed by atoms with Crippen molar-refractivity contribution in [3.8, 4) is 0 Å². The Labute approximate surface area is 152 Å². The molecule has 0 fully saturated rings. The van der Waals surface area contributed by atoms with E-state index in [1.807, 2.05) is 26.0 Å². The van der Waals surface area contributed by atoms with E-state index in [1.54, 1.807) is 31.6 Å². The molecule has 3 rings (SSSR count). The van der Waals surface area contributed by atoms with E-state index in [9.17, 15) is 9.59 Å². The predicted octanol–water partition coefficient (Wildman–Crippen LogP) is 1.60. The number of carbonyl (C=O) groups is 2. The third kappa shape index (κ3) is 3.46.